The van der Waals surface area contributed by atoms with Gasteiger partial charge in [0.25, 0.3) is 0 Å². The predicted octanol–water partition coefficient (Wildman–Crippen LogP) is 1.88. The topological polar surface area (TPSA) is 58.4 Å². The van der Waals surface area contributed by atoms with Crippen molar-refractivity contribution in [1.29, 1.82) is 0 Å². The van der Waals surface area contributed by atoms with E-state index >= 15 is 0 Å². The van der Waals surface area contributed by atoms with E-state index in [2.05, 4.69) is 17.3 Å². The molecule has 1 fully saturated rings. The molecule has 1 amide bonds. The number of nitrogens with two attached hydrogens (primary N) is 1. The van der Waals surface area contributed by atoms with Gasteiger partial charge in [-0.3, -0.25) is 4.79 Å². The molecular weight excluding hydrogens is 238 g/mol. The van der Waals surface area contributed by atoms with Crippen LogP contribution in [0.5, 0.6) is 0 Å². The van der Waals surface area contributed by atoms with Crippen molar-refractivity contribution in [2.75, 3.05) is 20.1 Å². The minimum atomic E-state index is -0.332. The third-order valence-electron chi connectivity index (χ3n) is 4.12. The SMILES string of the molecule is CCC[C@@H](N)C(=O)NCCCN(C)C1CCCCC1. The summed E-state index contributed by atoms with van der Waals surface area (Å²) in [7, 11) is 2.21. The molecule has 1 saturated carbocycles. The van der Waals surface area contributed by atoms with Crippen LogP contribution in [0.15, 0.2) is 0 Å². The summed E-state index contributed by atoms with van der Waals surface area (Å²) >= 11 is 0. The molecule has 0 heterocycles. The van der Waals surface area contributed by atoms with E-state index in [1.54, 1.807) is 0 Å². The first-order chi connectivity index (χ1) is 9.15. The summed E-state index contributed by atoms with van der Waals surface area (Å²) < 4.78 is 0. The summed E-state index contributed by atoms with van der Waals surface area (Å²) in [6.45, 7) is 3.85. The molecule has 0 aromatic heterocycles. The average Bonchev–Trinajstić information content (AvgIpc) is 2.44. The summed E-state index contributed by atoms with van der Waals surface area (Å²) in [5, 5.41) is 2.93. The van der Waals surface area contributed by atoms with Crippen molar-refractivity contribution in [3.05, 3.63) is 0 Å². The third kappa shape index (κ3) is 6.39. The minimum absolute atomic E-state index is 0.00201. The van der Waals surface area contributed by atoms with Gasteiger partial charge in [0, 0.05) is 12.6 Å². The van der Waals surface area contributed by atoms with Gasteiger partial charge in [0.15, 0.2) is 0 Å². The van der Waals surface area contributed by atoms with Crippen molar-refractivity contribution in [1.82, 2.24) is 10.2 Å². The second-order valence-corrected chi connectivity index (χ2v) is 5.81. The van der Waals surface area contributed by atoms with Gasteiger partial charge in [-0.1, -0.05) is 32.6 Å². The molecule has 3 N–H and O–H groups in total. The van der Waals surface area contributed by atoms with Crippen LogP contribution in [0, 0.1) is 0 Å². The third-order valence-corrected chi connectivity index (χ3v) is 4.12. The fourth-order valence-electron chi connectivity index (χ4n) is 2.82. The Morgan fingerprint density at radius 1 is 1.37 bits per heavy atom. The standard InChI is InChI=1S/C15H31N3O/c1-3-8-14(16)15(19)17-11-7-12-18(2)13-9-5-4-6-10-13/h13-14H,3-12,16H2,1-2H3,(H,17,19)/t14-/m1/s1. The number of nitrogens with one attached hydrogen (secondary N) is 1. The van der Waals surface area contributed by atoms with Crippen LogP contribution in [0.25, 0.3) is 0 Å². The van der Waals surface area contributed by atoms with Crippen LogP contribution in [0.2, 0.25) is 0 Å². The summed E-state index contributed by atoms with van der Waals surface area (Å²) in [5.74, 6) is 0.00201. The molecule has 0 aliphatic heterocycles. The van der Waals surface area contributed by atoms with Crippen molar-refractivity contribution in [2.24, 2.45) is 5.73 Å². The maximum absolute atomic E-state index is 11.6. The second kappa shape index (κ2) is 9.32. The van der Waals surface area contributed by atoms with Crippen molar-refractivity contribution >= 4 is 5.91 Å². The number of hydrogen-bond donors (Lipinski definition) is 2. The summed E-state index contributed by atoms with van der Waals surface area (Å²) in [4.78, 5) is 14.1. The van der Waals surface area contributed by atoms with E-state index in [1.807, 2.05) is 6.92 Å². The zero-order valence-electron chi connectivity index (χ0n) is 12.7. The van der Waals surface area contributed by atoms with Crippen LogP contribution >= 0.6 is 0 Å². The zero-order valence-corrected chi connectivity index (χ0v) is 12.7. The fraction of sp³-hybridized carbons (Fsp3) is 0.933. The maximum atomic E-state index is 11.6. The molecule has 0 aromatic carbocycles. The highest BCUT2D eigenvalue weighted by Crippen LogP contribution is 2.21. The van der Waals surface area contributed by atoms with Crippen molar-refractivity contribution in [3.63, 3.8) is 0 Å². The quantitative estimate of drug-likeness (QED) is 0.662. The molecule has 0 bridgehead atoms. The predicted molar refractivity (Wildman–Crippen MR) is 80.0 cm³/mol. The normalized spacial score (nSPS) is 18.5. The summed E-state index contributed by atoms with van der Waals surface area (Å²) in [6, 6.07) is 0.424. The lowest BCUT2D eigenvalue weighted by molar-refractivity contribution is -0.122. The van der Waals surface area contributed by atoms with Gasteiger partial charge >= 0.3 is 0 Å². The number of hydrogen-bond acceptors (Lipinski definition) is 3. The number of rotatable bonds is 8. The van der Waals surface area contributed by atoms with Crippen LogP contribution in [0.3, 0.4) is 0 Å². The fourth-order valence-corrected chi connectivity index (χ4v) is 2.82. The Bertz CT molecular complexity index is 252. The van der Waals surface area contributed by atoms with Crippen molar-refractivity contribution < 1.29 is 4.79 Å². The average molecular weight is 269 g/mol. The Kier molecular flexibility index (Phi) is 8.07. The van der Waals surface area contributed by atoms with Crippen LogP contribution < -0.4 is 11.1 Å². The van der Waals surface area contributed by atoms with Gasteiger partial charge in [-0.25, -0.2) is 0 Å². The molecule has 0 radical (unpaired) electrons. The highest BCUT2D eigenvalue weighted by molar-refractivity contribution is 5.81. The Labute approximate surface area is 118 Å². The lowest BCUT2D eigenvalue weighted by Gasteiger charge is -2.31. The second-order valence-electron chi connectivity index (χ2n) is 5.81. The molecule has 4 heteroatoms. The highest BCUT2D eigenvalue weighted by Gasteiger charge is 2.17. The molecule has 0 aromatic rings. The van der Waals surface area contributed by atoms with Gasteiger partial charge < -0.3 is 16.0 Å². The molecule has 1 rings (SSSR count). The molecule has 1 aliphatic carbocycles. The van der Waals surface area contributed by atoms with Gasteiger partial charge in [-0.15, -0.1) is 0 Å². The Hall–Kier alpha value is -0.610. The first-order valence-electron chi connectivity index (χ1n) is 7.88. The molecule has 4 nitrogen and oxygen atoms in total. The monoisotopic (exact) mass is 269 g/mol. The Morgan fingerprint density at radius 3 is 2.68 bits per heavy atom. The molecule has 19 heavy (non-hydrogen) atoms. The number of carbonyl (C=O) groups excluding carboxylic acids is 1. The molecule has 0 spiro atoms. The smallest absolute Gasteiger partial charge is 0.236 e. The Balaban J connectivity index is 2.07. The Morgan fingerprint density at radius 2 is 2.05 bits per heavy atom. The van der Waals surface area contributed by atoms with Crippen molar-refractivity contribution in [3.8, 4) is 0 Å². The van der Waals surface area contributed by atoms with E-state index in [4.69, 9.17) is 5.73 Å². The highest BCUT2D eigenvalue weighted by atomic mass is 16.2. The summed E-state index contributed by atoms with van der Waals surface area (Å²) in [5.41, 5.74) is 5.76. The lowest BCUT2D eigenvalue weighted by Crippen LogP contribution is -2.42. The minimum Gasteiger partial charge on any atom is -0.355 e. The van der Waals surface area contributed by atoms with Crippen LogP contribution in [0.1, 0.15) is 58.3 Å². The molecule has 0 unspecified atom stereocenters. The van der Waals surface area contributed by atoms with Gasteiger partial charge in [-0.2, -0.15) is 0 Å². The zero-order chi connectivity index (χ0) is 14.1. The van der Waals surface area contributed by atoms with E-state index in [9.17, 15) is 4.79 Å². The number of amides is 1. The first kappa shape index (κ1) is 16.4. The van der Waals surface area contributed by atoms with Crippen LogP contribution in [-0.2, 0) is 4.79 Å². The van der Waals surface area contributed by atoms with Gasteiger partial charge in [0.05, 0.1) is 6.04 Å². The van der Waals surface area contributed by atoms with Crippen LogP contribution in [0.4, 0.5) is 0 Å². The number of nitrogens with zero attached hydrogens (tertiary/aromatic N) is 1. The van der Waals surface area contributed by atoms with Crippen LogP contribution in [-0.4, -0.2) is 43.0 Å². The van der Waals surface area contributed by atoms with Gasteiger partial charge in [0.1, 0.15) is 0 Å². The molecule has 1 atom stereocenters. The van der Waals surface area contributed by atoms with E-state index in [0.29, 0.717) is 0 Å². The van der Waals surface area contributed by atoms with E-state index < -0.39 is 0 Å². The van der Waals surface area contributed by atoms with Gasteiger partial charge in [0.2, 0.25) is 5.91 Å². The van der Waals surface area contributed by atoms with E-state index in [0.717, 1.165) is 38.4 Å². The molecular formula is C15H31N3O. The van der Waals surface area contributed by atoms with E-state index in [1.165, 1.54) is 32.1 Å². The largest absolute Gasteiger partial charge is 0.355 e. The first-order valence-corrected chi connectivity index (χ1v) is 7.88. The lowest BCUT2D eigenvalue weighted by atomic mass is 9.94. The summed E-state index contributed by atoms with van der Waals surface area (Å²) in [6.07, 6.45) is 9.56. The van der Waals surface area contributed by atoms with E-state index in [-0.39, 0.29) is 11.9 Å². The van der Waals surface area contributed by atoms with Gasteiger partial charge in [-0.05, 0) is 39.3 Å². The number of carbonyl (C=O) groups is 1. The maximum Gasteiger partial charge on any atom is 0.236 e. The molecule has 1 aliphatic rings. The molecule has 0 saturated heterocycles. The molecule has 112 valence electrons. The van der Waals surface area contributed by atoms with Crippen molar-refractivity contribution in [2.45, 2.75) is 70.4 Å².